The van der Waals surface area contributed by atoms with Crippen molar-refractivity contribution >= 4 is 21.5 Å². The maximum Gasteiger partial charge on any atom is 0.229 e. The summed E-state index contributed by atoms with van der Waals surface area (Å²) >= 11 is 0. The van der Waals surface area contributed by atoms with Crippen LogP contribution in [0.25, 0.3) is 0 Å². The average molecular weight is 307 g/mol. The molecule has 0 amide bonds. The molecule has 0 fully saturated rings. The highest BCUT2D eigenvalue weighted by Gasteiger charge is 2.11. The summed E-state index contributed by atoms with van der Waals surface area (Å²) in [5, 5.41) is 0. The molecule has 0 saturated carbocycles. The molecule has 2 aromatic carbocycles. The van der Waals surface area contributed by atoms with Gasteiger partial charge in [-0.25, -0.2) is 12.8 Å². The molecule has 0 aromatic heterocycles. The minimum absolute atomic E-state index is 0.260. The number of rotatable bonds is 4. The lowest BCUT2D eigenvalue weighted by molar-refractivity contribution is 0.103. The highest BCUT2D eigenvalue weighted by Crippen LogP contribution is 2.16. The zero-order valence-corrected chi connectivity index (χ0v) is 12.4. The van der Waals surface area contributed by atoms with Crippen molar-refractivity contribution in [3.8, 4) is 0 Å². The molecule has 0 aliphatic rings. The van der Waals surface area contributed by atoms with Crippen LogP contribution >= 0.6 is 0 Å². The van der Waals surface area contributed by atoms with Gasteiger partial charge < -0.3 is 0 Å². The van der Waals surface area contributed by atoms with Crippen molar-refractivity contribution < 1.29 is 17.6 Å². The van der Waals surface area contributed by atoms with Gasteiger partial charge in [-0.2, -0.15) is 0 Å². The predicted molar refractivity (Wildman–Crippen MR) is 79.5 cm³/mol. The van der Waals surface area contributed by atoms with Crippen LogP contribution in [-0.4, -0.2) is 20.5 Å². The SMILES string of the molecule is Cc1cc(F)cc(C(=O)c2ccc(NS(C)(=O)=O)cc2)c1. The van der Waals surface area contributed by atoms with Crippen molar-refractivity contribution in [2.24, 2.45) is 0 Å². The highest BCUT2D eigenvalue weighted by atomic mass is 32.2. The van der Waals surface area contributed by atoms with Crippen molar-refractivity contribution in [3.05, 3.63) is 65.0 Å². The van der Waals surface area contributed by atoms with Crippen LogP contribution < -0.4 is 4.72 Å². The maximum atomic E-state index is 13.3. The van der Waals surface area contributed by atoms with Gasteiger partial charge in [-0.1, -0.05) is 0 Å². The van der Waals surface area contributed by atoms with Gasteiger partial charge in [-0.05, 0) is 55.0 Å². The van der Waals surface area contributed by atoms with Gasteiger partial charge in [0, 0.05) is 16.8 Å². The first-order valence-electron chi connectivity index (χ1n) is 6.14. The summed E-state index contributed by atoms with van der Waals surface area (Å²) in [6.45, 7) is 1.71. The van der Waals surface area contributed by atoms with E-state index >= 15 is 0 Å². The standard InChI is InChI=1S/C15H14FNO3S/c1-10-7-12(9-13(16)8-10)15(18)11-3-5-14(6-4-11)17-21(2,19)20/h3-9,17H,1-2H3. The summed E-state index contributed by atoms with van der Waals surface area (Å²) < 4.78 is 37.8. The van der Waals surface area contributed by atoms with Crippen LogP contribution in [0.5, 0.6) is 0 Å². The quantitative estimate of drug-likeness (QED) is 0.883. The molecule has 0 atom stereocenters. The smallest absolute Gasteiger partial charge is 0.229 e. The van der Waals surface area contributed by atoms with Crippen LogP contribution in [0.15, 0.2) is 42.5 Å². The zero-order chi connectivity index (χ0) is 15.6. The molecular formula is C15H14FNO3S. The number of carbonyl (C=O) groups is 1. The number of sulfonamides is 1. The molecule has 21 heavy (non-hydrogen) atoms. The van der Waals surface area contributed by atoms with Crippen molar-refractivity contribution in [1.29, 1.82) is 0 Å². The molecule has 0 saturated heterocycles. The van der Waals surface area contributed by atoms with Gasteiger partial charge >= 0.3 is 0 Å². The van der Waals surface area contributed by atoms with Crippen LogP contribution in [0, 0.1) is 12.7 Å². The molecular weight excluding hydrogens is 293 g/mol. The molecule has 0 heterocycles. The number of anilines is 1. The molecule has 2 rings (SSSR count). The number of hydrogen-bond acceptors (Lipinski definition) is 3. The van der Waals surface area contributed by atoms with E-state index < -0.39 is 15.8 Å². The summed E-state index contributed by atoms with van der Waals surface area (Å²) in [6.07, 6.45) is 1.04. The number of ketones is 1. The molecule has 0 aliphatic heterocycles. The average Bonchev–Trinajstić information content (AvgIpc) is 2.35. The molecule has 1 N–H and O–H groups in total. The first-order chi connectivity index (χ1) is 9.74. The lowest BCUT2D eigenvalue weighted by Crippen LogP contribution is -2.09. The molecule has 6 heteroatoms. The number of hydrogen-bond donors (Lipinski definition) is 1. The van der Waals surface area contributed by atoms with E-state index in [2.05, 4.69) is 4.72 Å². The largest absolute Gasteiger partial charge is 0.289 e. The Bertz CT molecular complexity index is 763. The van der Waals surface area contributed by atoms with Crippen LogP contribution in [0.3, 0.4) is 0 Å². The van der Waals surface area contributed by atoms with E-state index in [1.807, 2.05) is 0 Å². The van der Waals surface area contributed by atoms with Gasteiger partial charge in [0.05, 0.1) is 6.26 Å². The fraction of sp³-hybridized carbons (Fsp3) is 0.133. The van der Waals surface area contributed by atoms with Gasteiger partial charge in [0.15, 0.2) is 5.78 Å². The van der Waals surface area contributed by atoms with Crippen LogP contribution in [0.2, 0.25) is 0 Å². The molecule has 0 radical (unpaired) electrons. The van der Waals surface area contributed by atoms with E-state index in [1.54, 1.807) is 13.0 Å². The molecule has 0 bridgehead atoms. The third kappa shape index (κ3) is 4.13. The third-order valence-corrected chi connectivity index (χ3v) is 3.36. The Morgan fingerprint density at radius 1 is 1.05 bits per heavy atom. The fourth-order valence-corrected chi connectivity index (χ4v) is 2.50. The maximum absolute atomic E-state index is 13.3. The van der Waals surface area contributed by atoms with Gasteiger partial charge in [0.25, 0.3) is 0 Å². The van der Waals surface area contributed by atoms with Gasteiger partial charge in [0.1, 0.15) is 5.82 Å². The molecule has 2 aromatic rings. The highest BCUT2D eigenvalue weighted by molar-refractivity contribution is 7.92. The summed E-state index contributed by atoms with van der Waals surface area (Å²) in [7, 11) is -3.36. The summed E-state index contributed by atoms with van der Waals surface area (Å²) in [5.41, 5.74) is 1.65. The van der Waals surface area contributed by atoms with E-state index in [1.165, 1.54) is 36.4 Å². The van der Waals surface area contributed by atoms with Crippen molar-refractivity contribution in [3.63, 3.8) is 0 Å². The second kappa shape index (κ2) is 5.65. The van der Waals surface area contributed by atoms with Crippen LogP contribution in [-0.2, 0) is 10.0 Å². The second-order valence-electron chi connectivity index (χ2n) is 4.80. The third-order valence-electron chi connectivity index (χ3n) is 2.75. The van der Waals surface area contributed by atoms with E-state index in [4.69, 9.17) is 0 Å². The topological polar surface area (TPSA) is 63.2 Å². The zero-order valence-electron chi connectivity index (χ0n) is 11.6. The number of halogens is 1. The monoisotopic (exact) mass is 307 g/mol. The van der Waals surface area contributed by atoms with E-state index in [0.717, 1.165) is 6.26 Å². The van der Waals surface area contributed by atoms with E-state index in [0.29, 0.717) is 16.8 Å². The minimum Gasteiger partial charge on any atom is -0.289 e. The Balaban J connectivity index is 2.28. The summed E-state index contributed by atoms with van der Waals surface area (Å²) in [6, 6.07) is 10.1. The van der Waals surface area contributed by atoms with E-state index in [9.17, 15) is 17.6 Å². The number of carbonyl (C=O) groups excluding carboxylic acids is 1. The normalized spacial score (nSPS) is 11.2. The van der Waals surface area contributed by atoms with Crippen LogP contribution in [0.4, 0.5) is 10.1 Å². The summed E-state index contributed by atoms with van der Waals surface area (Å²) in [4.78, 5) is 12.2. The first-order valence-corrected chi connectivity index (χ1v) is 8.03. The number of aryl methyl sites for hydroxylation is 1. The Morgan fingerprint density at radius 2 is 1.67 bits per heavy atom. The number of benzene rings is 2. The lowest BCUT2D eigenvalue weighted by Gasteiger charge is -2.06. The van der Waals surface area contributed by atoms with Gasteiger partial charge in [-0.15, -0.1) is 0 Å². The molecule has 0 unspecified atom stereocenters. The lowest BCUT2D eigenvalue weighted by atomic mass is 10.0. The van der Waals surface area contributed by atoms with Crippen LogP contribution in [0.1, 0.15) is 21.5 Å². The second-order valence-corrected chi connectivity index (χ2v) is 6.55. The fourth-order valence-electron chi connectivity index (χ4n) is 1.94. The molecule has 0 aliphatic carbocycles. The Hall–Kier alpha value is -2.21. The summed E-state index contributed by atoms with van der Waals surface area (Å²) in [5.74, 6) is -0.780. The van der Waals surface area contributed by atoms with Crippen molar-refractivity contribution in [2.45, 2.75) is 6.92 Å². The molecule has 110 valence electrons. The molecule has 4 nitrogen and oxygen atoms in total. The Kier molecular flexibility index (Phi) is 4.09. The predicted octanol–water partition coefficient (Wildman–Crippen LogP) is 2.74. The Labute approximate surface area is 122 Å². The van der Waals surface area contributed by atoms with Crippen molar-refractivity contribution in [1.82, 2.24) is 0 Å². The molecule has 0 spiro atoms. The Morgan fingerprint density at radius 3 is 2.19 bits per heavy atom. The van der Waals surface area contributed by atoms with Crippen molar-refractivity contribution in [2.75, 3.05) is 11.0 Å². The number of nitrogens with one attached hydrogen (secondary N) is 1. The van der Waals surface area contributed by atoms with Gasteiger partial charge in [0.2, 0.25) is 10.0 Å². The first kappa shape index (κ1) is 15.2. The van der Waals surface area contributed by atoms with Gasteiger partial charge in [-0.3, -0.25) is 9.52 Å². The minimum atomic E-state index is -3.36. The van der Waals surface area contributed by atoms with E-state index in [-0.39, 0.29) is 11.3 Å².